The van der Waals surface area contributed by atoms with Crippen molar-refractivity contribution in [2.45, 2.75) is 6.92 Å². The summed E-state index contributed by atoms with van der Waals surface area (Å²) < 4.78 is 10.1. The molecule has 0 fully saturated rings. The first-order chi connectivity index (χ1) is 8.54. The van der Waals surface area contributed by atoms with Crippen LogP contribution < -0.4 is 9.47 Å². The van der Waals surface area contributed by atoms with E-state index in [1.807, 2.05) is 0 Å². The lowest BCUT2D eigenvalue weighted by Crippen LogP contribution is -2.22. The minimum atomic E-state index is -0.675. The van der Waals surface area contributed by atoms with Gasteiger partial charge < -0.3 is 14.7 Å². The number of carbonyl (C=O) groups excluding carboxylic acids is 2. The van der Waals surface area contributed by atoms with E-state index in [0.717, 1.165) is 6.92 Å². The van der Waals surface area contributed by atoms with E-state index in [2.05, 4.69) is 5.16 Å². The van der Waals surface area contributed by atoms with Crippen LogP contribution >= 0.6 is 0 Å². The second kappa shape index (κ2) is 5.81. The predicted molar refractivity (Wildman–Crippen MR) is 63.8 cm³/mol. The van der Waals surface area contributed by atoms with Gasteiger partial charge in [0.2, 0.25) is 5.78 Å². The number of oxime groups is 1. The van der Waals surface area contributed by atoms with Gasteiger partial charge >= 0.3 is 0 Å². The van der Waals surface area contributed by atoms with Gasteiger partial charge in [0.15, 0.2) is 23.0 Å². The number of nitrogens with zero attached hydrogens (tertiary/aromatic N) is 1. The zero-order valence-electron chi connectivity index (χ0n) is 10.3. The molecule has 1 aromatic carbocycles. The molecule has 0 unspecified atom stereocenters. The van der Waals surface area contributed by atoms with Gasteiger partial charge in [-0.05, 0) is 18.2 Å². The Bertz CT molecular complexity index is 507. The molecule has 0 aliphatic heterocycles. The topological polar surface area (TPSA) is 85.2 Å². The Labute approximate surface area is 104 Å². The summed E-state index contributed by atoms with van der Waals surface area (Å²) in [5, 5.41) is 11.4. The van der Waals surface area contributed by atoms with E-state index in [1.54, 1.807) is 0 Å². The summed E-state index contributed by atoms with van der Waals surface area (Å²) >= 11 is 0. The molecule has 1 aromatic rings. The number of methoxy groups -OCH3 is 2. The molecule has 0 atom stereocenters. The molecule has 96 valence electrons. The third-order valence-corrected chi connectivity index (χ3v) is 2.29. The summed E-state index contributed by atoms with van der Waals surface area (Å²) in [5.74, 6) is -0.480. The van der Waals surface area contributed by atoms with E-state index in [9.17, 15) is 9.59 Å². The van der Waals surface area contributed by atoms with Crippen molar-refractivity contribution < 1.29 is 24.3 Å². The van der Waals surface area contributed by atoms with E-state index in [-0.39, 0.29) is 5.56 Å². The SMILES string of the molecule is COc1ccc(C(=O)/C(=N/O)C(C)=O)cc1OC. The van der Waals surface area contributed by atoms with Gasteiger partial charge in [-0.2, -0.15) is 0 Å². The summed E-state index contributed by atoms with van der Waals surface area (Å²) in [6.45, 7) is 1.15. The van der Waals surface area contributed by atoms with Crippen molar-refractivity contribution in [1.29, 1.82) is 0 Å². The fraction of sp³-hybridized carbons (Fsp3) is 0.250. The second-order valence-corrected chi connectivity index (χ2v) is 3.40. The molecule has 0 radical (unpaired) electrons. The van der Waals surface area contributed by atoms with Crippen molar-refractivity contribution in [3.8, 4) is 11.5 Å². The average Bonchev–Trinajstić information content (AvgIpc) is 2.38. The fourth-order valence-corrected chi connectivity index (χ4v) is 1.39. The van der Waals surface area contributed by atoms with Crippen LogP contribution in [0.4, 0.5) is 0 Å². The Morgan fingerprint density at radius 3 is 2.22 bits per heavy atom. The molecule has 0 aromatic heterocycles. The molecule has 18 heavy (non-hydrogen) atoms. The fourth-order valence-electron chi connectivity index (χ4n) is 1.39. The minimum Gasteiger partial charge on any atom is -0.493 e. The third kappa shape index (κ3) is 2.65. The Morgan fingerprint density at radius 1 is 1.17 bits per heavy atom. The van der Waals surface area contributed by atoms with Crippen molar-refractivity contribution >= 4 is 17.3 Å². The molecule has 0 amide bonds. The summed E-state index contributed by atoms with van der Waals surface area (Å²) in [6, 6.07) is 4.40. The molecule has 0 aliphatic carbocycles. The van der Waals surface area contributed by atoms with E-state index in [0.29, 0.717) is 11.5 Å². The first-order valence-electron chi connectivity index (χ1n) is 5.04. The molecule has 0 saturated heterocycles. The molecule has 0 saturated carbocycles. The van der Waals surface area contributed by atoms with Crippen LogP contribution in [0.1, 0.15) is 17.3 Å². The number of rotatable bonds is 5. The first kappa shape index (κ1) is 13.7. The smallest absolute Gasteiger partial charge is 0.218 e. The van der Waals surface area contributed by atoms with E-state index < -0.39 is 17.3 Å². The largest absolute Gasteiger partial charge is 0.493 e. The maximum atomic E-state index is 11.9. The Kier molecular flexibility index (Phi) is 4.42. The van der Waals surface area contributed by atoms with Crippen LogP contribution in [0.5, 0.6) is 11.5 Å². The normalized spacial score (nSPS) is 10.9. The van der Waals surface area contributed by atoms with Crippen molar-refractivity contribution in [2.24, 2.45) is 5.16 Å². The van der Waals surface area contributed by atoms with Crippen LogP contribution in [-0.4, -0.2) is 36.7 Å². The van der Waals surface area contributed by atoms with Crippen LogP contribution in [0, 0.1) is 0 Å². The maximum absolute atomic E-state index is 11.9. The maximum Gasteiger partial charge on any atom is 0.218 e. The van der Waals surface area contributed by atoms with Gasteiger partial charge in [-0.1, -0.05) is 5.16 Å². The molecule has 0 spiro atoms. The molecule has 0 heterocycles. The van der Waals surface area contributed by atoms with Crippen LogP contribution in [0.25, 0.3) is 0 Å². The predicted octanol–water partition coefficient (Wildman–Crippen LogP) is 1.31. The minimum absolute atomic E-state index is 0.177. The Balaban J connectivity index is 3.19. The first-order valence-corrected chi connectivity index (χ1v) is 5.04. The summed E-state index contributed by atoms with van der Waals surface area (Å²) in [7, 11) is 2.90. The standard InChI is InChI=1S/C12H13NO5/c1-7(14)11(13-16)12(15)8-4-5-9(17-2)10(6-8)18-3/h4-6,16H,1-3H3/b13-11+. The molecule has 1 N–H and O–H groups in total. The van der Waals surface area contributed by atoms with Gasteiger partial charge in [0.1, 0.15) is 0 Å². The highest BCUT2D eigenvalue weighted by Crippen LogP contribution is 2.27. The molecule has 6 nitrogen and oxygen atoms in total. The number of carbonyl (C=O) groups is 2. The molecule has 1 rings (SSSR count). The van der Waals surface area contributed by atoms with E-state index >= 15 is 0 Å². The number of benzene rings is 1. The molecule has 6 heteroatoms. The summed E-state index contributed by atoms with van der Waals surface area (Å²) in [6.07, 6.45) is 0. The zero-order chi connectivity index (χ0) is 13.7. The highest BCUT2D eigenvalue weighted by Gasteiger charge is 2.20. The molecular formula is C12H13NO5. The lowest BCUT2D eigenvalue weighted by molar-refractivity contribution is -0.111. The monoisotopic (exact) mass is 251 g/mol. The van der Waals surface area contributed by atoms with Gasteiger partial charge in [0.05, 0.1) is 14.2 Å². The Hall–Kier alpha value is -2.37. The number of ether oxygens (including phenoxy) is 2. The number of Topliss-reactive ketones (excluding diaryl/α,β-unsaturated/α-hetero) is 2. The third-order valence-electron chi connectivity index (χ3n) is 2.29. The second-order valence-electron chi connectivity index (χ2n) is 3.40. The van der Waals surface area contributed by atoms with Gasteiger partial charge in [0.25, 0.3) is 0 Å². The molecule has 0 aliphatic rings. The molecular weight excluding hydrogens is 238 g/mol. The van der Waals surface area contributed by atoms with Crippen LogP contribution in [0.3, 0.4) is 0 Å². The number of ketones is 2. The lowest BCUT2D eigenvalue weighted by Gasteiger charge is -2.08. The van der Waals surface area contributed by atoms with Crippen molar-refractivity contribution in [3.05, 3.63) is 23.8 Å². The highest BCUT2D eigenvalue weighted by molar-refractivity contribution is 6.68. The van der Waals surface area contributed by atoms with Gasteiger partial charge in [-0.3, -0.25) is 9.59 Å². The lowest BCUT2D eigenvalue weighted by atomic mass is 10.0. The van der Waals surface area contributed by atoms with Crippen molar-refractivity contribution in [2.75, 3.05) is 14.2 Å². The zero-order valence-corrected chi connectivity index (χ0v) is 10.3. The summed E-state index contributed by atoms with van der Waals surface area (Å²) in [4.78, 5) is 23.0. The van der Waals surface area contributed by atoms with E-state index in [1.165, 1.54) is 32.4 Å². The van der Waals surface area contributed by atoms with E-state index in [4.69, 9.17) is 14.7 Å². The number of hydrogen-bond acceptors (Lipinski definition) is 6. The Morgan fingerprint density at radius 2 is 1.78 bits per heavy atom. The quantitative estimate of drug-likeness (QED) is 0.280. The van der Waals surface area contributed by atoms with Crippen LogP contribution in [0.2, 0.25) is 0 Å². The highest BCUT2D eigenvalue weighted by atomic mass is 16.5. The molecule has 0 bridgehead atoms. The number of hydrogen-bond donors (Lipinski definition) is 1. The van der Waals surface area contributed by atoms with Crippen molar-refractivity contribution in [3.63, 3.8) is 0 Å². The van der Waals surface area contributed by atoms with Gasteiger partial charge in [-0.15, -0.1) is 0 Å². The van der Waals surface area contributed by atoms with Gasteiger partial charge in [-0.25, -0.2) is 0 Å². The average molecular weight is 251 g/mol. The summed E-state index contributed by atoms with van der Waals surface area (Å²) in [5.41, 5.74) is -0.349. The van der Waals surface area contributed by atoms with Crippen molar-refractivity contribution in [1.82, 2.24) is 0 Å². The van der Waals surface area contributed by atoms with Crippen LogP contribution in [-0.2, 0) is 4.79 Å². The van der Waals surface area contributed by atoms with Crippen LogP contribution in [0.15, 0.2) is 23.4 Å². The van der Waals surface area contributed by atoms with Gasteiger partial charge in [0, 0.05) is 12.5 Å².